The van der Waals surface area contributed by atoms with E-state index in [1.165, 1.54) is 5.56 Å². The standard InChI is InChI=1S/C20H22N2O3/c1-15-4-10-18(11-5-15)25-14-12-21-20(24)16-6-8-17(9-7-16)22-13-2-3-19(22)23/h4-11H,2-3,12-14H2,1H3,(H,21,24). The minimum atomic E-state index is -0.146. The molecule has 2 aromatic rings. The van der Waals surface area contributed by atoms with Gasteiger partial charge in [-0.1, -0.05) is 17.7 Å². The van der Waals surface area contributed by atoms with Gasteiger partial charge in [0.15, 0.2) is 0 Å². The zero-order chi connectivity index (χ0) is 17.6. The van der Waals surface area contributed by atoms with Crippen molar-refractivity contribution < 1.29 is 14.3 Å². The summed E-state index contributed by atoms with van der Waals surface area (Å²) in [6, 6.07) is 14.9. The second kappa shape index (κ2) is 7.83. The van der Waals surface area contributed by atoms with Gasteiger partial charge in [-0.05, 0) is 49.7 Å². The minimum Gasteiger partial charge on any atom is -0.492 e. The third kappa shape index (κ3) is 4.38. The van der Waals surface area contributed by atoms with Crippen LogP contribution in [0.1, 0.15) is 28.8 Å². The molecule has 2 aromatic carbocycles. The molecule has 130 valence electrons. The molecule has 1 aliphatic rings. The molecule has 1 aliphatic heterocycles. The number of carbonyl (C=O) groups excluding carboxylic acids is 2. The van der Waals surface area contributed by atoms with Crippen molar-refractivity contribution >= 4 is 17.5 Å². The Morgan fingerprint density at radius 3 is 2.48 bits per heavy atom. The van der Waals surface area contributed by atoms with E-state index in [0.29, 0.717) is 25.1 Å². The topological polar surface area (TPSA) is 58.6 Å². The molecule has 0 aromatic heterocycles. The predicted molar refractivity (Wildman–Crippen MR) is 97.0 cm³/mol. The van der Waals surface area contributed by atoms with Crippen molar-refractivity contribution in [1.29, 1.82) is 0 Å². The van der Waals surface area contributed by atoms with Gasteiger partial charge in [0.2, 0.25) is 5.91 Å². The number of hydrogen-bond acceptors (Lipinski definition) is 3. The molecule has 0 atom stereocenters. The largest absolute Gasteiger partial charge is 0.492 e. The van der Waals surface area contributed by atoms with Crippen molar-refractivity contribution in [3.63, 3.8) is 0 Å². The van der Waals surface area contributed by atoms with Crippen LogP contribution in [0.2, 0.25) is 0 Å². The number of rotatable bonds is 6. The molecule has 25 heavy (non-hydrogen) atoms. The van der Waals surface area contributed by atoms with E-state index >= 15 is 0 Å². The Bertz CT molecular complexity index is 739. The van der Waals surface area contributed by atoms with Crippen LogP contribution in [-0.4, -0.2) is 31.5 Å². The monoisotopic (exact) mass is 338 g/mol. The Kier molecular flexibility index (Phi) is 5.33. The number of benzene rings is 2. The number of anilines is 1. The third-order valence-corrected chi connectivity index (χ3v) is 4.19. The van der Waals surface area contributed by atoms with Crippen LogP contribution in [0.3, 0.4) is 0 Å². The second-order valence-corrected chi connectivity index (χ2v) is 6.11. The Balaban J connectivity index is 1.46. The summed E-state index contributed by atoms with van der Waals surface area (Å²) >= 11 is 0. The smallest absolute Gasteiger partial charge is 0.251 e. The highest BCUT2D eigenvalue weighted by molar-refractivity contribution is 5.97. The first-order valence-corrected chi connectivity index (χ1v) is 8.51. The lowest BCUT2D eigenvalue weighted by Crippen LogP contribution is -2.28. The van der Waals surface area contributed by atoms with Gasteiger partial charge in [-0.25, -0.2) is 0 Å². The fourth-order valence-corrected chi connectivity index (χ4v) is 2.78. The van der Waals surface area contributed by atoms with Crippen LogP contribution in [0.5, 0.6) is 5.75 Å². The number of nitrogens with one attached hydrogen (secondary N) is 1. The molecule has 0 bridgehead atoms. The molecular formula is C20H22N2O3. The van der Waals surface area contributed by atoms with Gasteiger partial charge in [0, 0.05) is 24.2 Å². The van der Waals surface area contributed by atoms with Crippen molar-refractivity contribution in [2.24, 2.45) is 0 Å². The van der Waals surface area contributed by atoms with Crippen LogP contribution >= 0.6 is 0 Å². The molecule has 1 N–H and O–H groups in total. The molecule has 0 aliphatic carbocycles. The van der Waals surface area contributed by atoms with Crippen molar-refractivity contribution in [2.45, 2.75) is 19.8 Å². The van der Waals surface area contributed by atoms with Crippen molar-refractivity contribution in [3.05, 3.63) is 59.7 Å². The lowest BCUT2D eigenvalue weighted by Gasteiger charge is -2.15. The van der Waals surface area contributed by atoms with E-state index in [9.17, 15) is 9.59 Å². The van der Waals surface area contributed by atoms with Crippen molar-refractivity contribution in [1.82, 2.24) is 5.32 Å². The molecule has 0 radical (unpaired) electrons. The maximum atomic E-state index is 12.2. The zero-order valence-electron chi connectivity index (χ0n) is 14.3. The van der Waals surface area contributed by atoms with E-state index in [1.54, 1.807) is 17.0 Å². The van der Waals surface area contributed by atoms with Gasteiger partial charge in [0.25, 0.3) is 5.91 Å². The number of aryl methyl sites for hydroxylation is 1. The first-order valence-electron chi connectivity index (χ1n) is 8.51. The first kappa shape index (κ1) is 17.0. The Hall–Kier alpha value is -2.82. The van der Waals surface area contributed by atoms with Crippen LogP contribution in [0.25, 0.3) is 0 Å². The number of amides is 2. The van der Waals surface area contributed by atoms with Crippen molar-refractivity contribution in [2.75, 3.05) is 24.6 Å². The van der Waals surface area contributed by atoms with E-state index in [1.807, 2.05) is 43.3 Å². The molecule has 2 amide bonds. The molecule has 0 saturated carbocycles. The van der Waals surface area contributed by atoms with Crippen LogP contribution in [0.4, 0.5) is 5.69 Å². The fraction of sp³-hybridized carbons (Fsp3) is 0.300. The van der Waals surface area contributed by atoms with E-state index in [2.05, 4.69) is 5.32 Å². The number of ether oxygens (including phenoxy) is 1. The van der Waals surface area contributed by atoms with Crippen LogP contribution in [-0.2, 0) is 4.79 Å². The van der Waals surface area contributed by atoms with Gasteiger partial charge in [0.1, 0.15) is 12.4 Å². The predicted octanol–water partition coefficient (Wildman–Crippen LogP) is 2.93. The maximum Gasteiger partial charge on any atom is 0.251 e. The molecule has 3 rings (SSSR count). The van der Waals surface area contributed by atoms with E-state index in [-0.39, 0.29) is 11.8 Å². The lowest BCUT2D eigenvalue weighted by molar-refractivity contribution is -0.117. The van der Waals surface area contributed by atoms with Crippen LogP contribution in [0.15, 0.2) is 48.5 Å². The average Bonchev–Trinajstić information content (AvgIpc) is 3.06. The van der Waals surface area contributed by atoms with Crippen molar-refractivity contribution in [3.8, 4) is 5.75 Å². The lowest BCUT2D eigenvalue weighted by atomic mass is 10.2. The molecule has 5 heteroatoms. The maximum absolute atomic E-state index is 12.2. The molecule has 1 fully saturated rings. The van der Waals surface area contributed by atoms with Crippen LogP contribution in [0, 0.1) is 6.92 Å². The summed E-state index contributed by atoms with van der Waals surface area (Å²) in [5.74, 6) is 0.789. The molecule has 0 spiro atoms. The highest BCUT2D eigenvalue weighted by Gasteiger charge is 2.21. The molecule has 0 unspecified atom stereocenters. The normalized spacial score (nSPS) is 13.8. The molecular weight excluding hydrogens is 316 g/mol. The van der Waals surface area contributed by atoms with Gasteiger partial charge >= 0.3 is 0 Å². The van der Waals surface area contributed by atoms with E-state index in [4.69, 9.17) is 4.74 Å². The zero-order valence-corrected chi connectivity index (χ0v) is 14.3. The summed E-state index contributed by atoms with van der Waals surface area (Å²) in [5.41, 5.74) is 2.60. The highest BCUT2D eigenvalue weighted by atomic mass is 16.5. The average molecular weight is 338 g/mol. The summed E-state index contributed by atoms with van der Waals surface area (Å²) in [6.07, 6.45) is 1.49. The quantitative estimate of drug-likeness (QED) is 0.824. The highest BCUT2D eigenvalue weighted by Crippen LogP contribution is 2.21. The molecule has 1 saturated heterocycles. The second-order valence-electron chi connectivity index (χ2n) is 6.11. The SMILES string of the molecule is Cc1ccc(OCCNC(=O)c2ccc(N3CCCC3=O)cc2)cc1. The van der Waals surface area contributed by atoms with E-state index < -0.39 is 0 Å². The number of hydrogen-bond donors (Lipinski definition) is 1. The summed E-state index contributed by atoms with van der Waals surface area (Å²) in [7, 11) is 0. The minimum absolute atomic E-state index is 0.144. The first-order chi connectivity index (χ1) is 12.1. The van der Waals surface area contributed by atoms with E-state index in [0.717, 1.165) is 24.4 Å². The van der Waals surface area contributed by atoms with Gasteiger partial charge in [-0.3, -0.25) is 9.59 Å². The Morgan fingerprint density at radius 2 is 1.84 bits per heavy atom. The number of nitrogens with zero attached hydrogens (tertiary/aromatic N) is 1. The van der Waals surface area contributed by atoms with Gasteiger partial charge < -0.3 is 15.0 Å². The Labute approximate surface area is 147 Å². The Morgan fingerprint density at radius 1 is 1.12 bits per heavy atom. The number of carbonyl (C=O) groups is 2. The van der Waals surface area contributed by atoms with Gasteiger partial charge in [-0.15, -0.1) is 0 Å². The summed E-state index contributed by atoms with van der Waals surface area (Å²) < 4.78 is 5.59. The molecule has 5 nitrogen and oxygen atoms in total. The van der Waals surface area contributed by atoms with Gasteiger partial charge in [0.05, 0.1) is 6.54 Å². The van der Waals surface area contributed by atoms with Gasteiger partial charge in [-0.2, -0.15) is 0 Å². The summed E-state index contributed by atoms with van der Waals surface area (Å²) in [4.78, 5) is 25.6. The summed E-state index contributed by atoms with van der Waals surface area (Å²) in [5, 5.41) is 2.83. The van der Waals surface area contributed by atoms with Crippen LogP contribution < -0.4 is 15.0 Å². The summed E-state index contributed by atoms with van der Waals surface area (Å²) in [6.45, 7) is 3.61. The fourth-order valence-electron chi connectivity index (χ4n) is 2.78. The molecule has 1 heterocycles. The third-order valence-electron chi connectivity index (χ3n) is 4.19.